The summed E-state index contributed by atoms with van der Waals surface area (Å²) < 4.78 is 29.8. The van der Waals surface area contributed by atoms with E-state index in [0.717, 1.165) is 17.4 Å². The van der Waals surface area contributed by atoms with Crippen molar-refractivity contribution in [2.75, 3.05) is 18.1 Å². The lowest BCUT2D eigenvalue weighted by molar-refractivity contribution is -0.141. The number of anilines is 1. The molecule has 0 fully saturated rings. The highest BCUT2D eigenvalue weighted by atomic mass is 32.2. The number of ether oxygens (including phenoxy) is 1. The third-order valence-corrected chi connectivity index (χ3v) is 4.95. The number of nitrogens with two attached hydrogens (primary N) is 1. The van der Waals surface area contributed by atoms with Gasteiger partial charge in [-0.1, -0.05) is 30.3 Å². The number of rotatable bonds is 9. The van der Waals surface area contributed by atoms with Gasteiger partial charge in [0.1, 0.15) is 5.84 Å². The lowest BCUT2D eigenvalue weighted by atomic mass is 9.88. The molecule has 1 atom stereocenters. The van der Waals surface area contributed by atoms with Gasteiger partial charge in [-0.05, 0) is 48.1 Å². The Morgan fingerprint density at radius 1 is 1.21 bits per heavy atom. The van der Waals surface area contributed by atoms with Crippen LogP contribution in [-0.4, -0.2) is 33.6 Å². The van der Waals surface area contributed by atoms with Gasteiger partial charge in [0.25, 0.3) is 0 Å². The molecule has 0 amide bonds. The lowest BCUT2D eigenvalue weighted by Gasteiger charge is -2.17. The first-order valence-corrected chi connectivity index (χ1v) is 10.6. The van der Waals surface area contributed by atoms with Crippen LogP contribution < -0.4 is 10.5 Å². The van der Waals surface area contributed by atoms with Gasteiger partial charge in [-0.2, -0.15) is 0 Å². The summed E-state index contributed by atoms with van der Waals surface area (Å²) in [7, 11) is -1.95. The van der Waals surface area contributed by atoms with Gasteiger partial charge in [-0.25, -0.2) is 8.42 Å². The molecule has 7 nitrogen and oxygen atoms in total. The summed E-state index contributed by atoms with van der Waals surface area (Å²) in [4.78, 5) is 11.8. The summed E-state index contributed by atoms with van der Waals surface area (Å²) in [5, 5.41) is 7.61. The number of sulfonamides is 1. The molecule has 0 aromatic heterocycles. The smallest absolute Gasteiger partial charge is 0.306 e. The predicted octanol–water partition coefficient (Wildman–Crippen LogP) is 2.62. The van der Waals surface area contributed by atoms with Gasteiger partial charge < -0.3 is 10.5 Å². The Labute approximate surface area is 165 Å². The van der Waals surface area contributed by atoms with E-state index in [1.165, 1.54) is 7.11 Å². The Hall–Kier alpha value is -2.87. The molecule has 0 radical (unpaired) electrons. The third-order valence-electron chi connectivity index (χ3n) is 4.35. The normalized spacial score (nSPS) is 12.2. The third kappa shape index (κ3) is 6.70. The summed E-state index contributed by atoms with van der Waals surface area (Å²) in [6.45, 7) is 0. The largest absolute Gasteiger partial charge is 0.469 e. The molecular weight excluding hydrogens is 378 g/mol. The van der Waals surface area contributed by atoms with Crippen molar-refractivity contribution < 1.29 is 17.9 Å². The summed E-state index contributed by atoms with van der Waals surface area (Å²) in [6.07, 6.45) is 2.72. The predicted molar refractivity (Wildman–Crippen MR) is 110 cm³/mol. The first-order valence-electron chi connectivity index (χ1n) is 8.76. The number of carbonyl (C=O) groups excluding carboxylic acids is 1. The van der Waals surface area contributed by atoms with E-state index in [0.29, 0.717) is 24.1 Å². The number of methoxy groups -OCH3 is 1. The van der Waals surface area contributed by atoms with Crippen LogP contribution in [0.1, 0.15) is 35.4 Å². The number of esters is 1. The van der Waals surface area contributed by atoms with E-state index in [1.807, 2.05) is 30.3 Å². The van der Waals surface area contributed by atoms with Crippen molar-refractivity contribution in [3.8, 4) is 0 Å². The van der Waals surface area contributed by atoms with Crippen LogP contribution in [0.5, 0.6) is 0 Å². The summed E-state index contributed by atoms with van der Waals surface area (Å²) in [5.41, 5.74) is 8.65. The summed E-state index contributed by atoms with van der Waals surface area (Å²) >= 11 is 0. The number of hydrogen-bond donors (Lipinski definition) is 3. The summed E-state index contributed by atoms with van der Waals surface area (Å²) in [6, 6.07) is 14.5. The second-order valence-electron chi connectivity index (χ2n) is 6.63. The maximum atomic E-state index is 11.8. The SMILES string of the molecule is COC(=O)C[C@H](CCc1ccc(NS(C)(=O)=O)cc1)c1cccc(C(=N)N)c1. The number of amidine groups is 1. The van der Waals surface area contributed by atoms with Crippen molar-refractivity contribution in [1.29, 1.82) is 5.41 Å². The van der Waals surface area contributed by atoms with E-state index < -0.39 is 10.0 Å². The zero-order valence-corrected chi connectivity index (χ0v) is 16.8. The number of aryl methyl sites for hydroxylation is 1. The van der Waals surface area contributed by atoms with Crippen molar-refractivity contribution in [3.05, 3.63) is 65.2 Å². The van der Waals surface area contributed by atoms with E-state index in [1.54, 1.807) is 18.2 Å². The monoisotopic (exact) mass is 403 g/mol. The van der Waals surface area contributed by atoms with Gasteiger partial charge in [0, 0.05) is 11.3 Å². The standard InChI is InChI=1S/C20H25N3O4S/c1-27-19(24)13-16(15-4-3-5-17(12-15)20(21)22)9-6-14-7-10-18(11-8-14)23-28(2,25)26/h3-5,7-8,10-12,16,23H,6,9,13H2,1-2H3,(H3,21,22)/t16-/m0/s1. The van der Waals surface area contributed by atoms with E-state index in [2.05, 4.69) is 4.72 Å². The fraction of sp³-hybridized carbons (Fsp3) is 0.300. The molecule has 28 heavy (non-hydrogen) atoms. The molecule has 0 unspecified atom stereocenters. The average molecular weight is 404 g/mol. The molecule has 0 saturated heterocycles. The Kier molecular flexibility index (Phi) is 7.17. The Morgan fingerprint density at radius 3 is 2.46 bits per heavy atom. The Morgan fingerprint density at radius 2 is 1.89 bits per heavy atom. The zero-order chi connectivity index (χ0) is 20.7. The molecule has 0 spiro atoms. The van der Waals surface area contributed by atoms with Crippen LogP contribution in [-0.2, 0) is 26.0 Å². The van der Waals surface area contributed by atoms with Gasteiger partial charge in [0.15, 0.2) is 0 Å². The maximum Gasteiger partial charge on any atom is 0.306 e. The number of carbonyl (C=O) groups is 1. The molecule has 2 aromatic rings. The van der Waals surface area contributed by atoms with E-state index in [4.69, 9.17) is 15.9 Å². The van der Waals surface area contributed by atoms with Crippen molar-refractivity contribution in [3.63, 3.8) is 0 Å². The van der Waals surface area contributed by atoms with Crippen LogP contribution >= 0.6 is 0 Å². The van der Waals surface area contributed by atoms with Gasteiger partial charge in [-0.15, -0.1) is 0 Å². The van der Waals surface area contributed by atoms with Crippen LogP contribution in [0.15, 0.2) is 48.5 Å². The molecule has 0 heterocycles. The number of benzene rings is 2. The first-order chi connectivity index (χ1) is 13.2. The van der Waals surface area contributed by atoms with Gasteiger partial charge in [0.2, 0.25) is 10.0 Å². The topological polar surface area (TPSA) is 122 Å². The van der Waals surface area contributed by atoms with Crippen molar-refractivity contribution >= 4 is 27.5 Å². The van der Waals surface area contributed by atoms with E-state index >= 15 is 0 Å². The Balaban J connectivity index is 2.14. The molecule has 4 N–H and O–H groups in total. The van der Waals surface area contributed by atoms with Crippen molar-refractivity contribution in [1.82, 2.24) is 0 Å². The molecule has 2 aromatic carbocycles. The highest BCUT2D eigenvalue weighted by molar-refractivity contribution is 7.92. The van der Waals surface area contributed by atoms with Gasteiger partial charge >= 0.3 is 5.97 Å². The second kappa shape index (κ2) is 9.36. The van der Waals surface area contributed by atoms with Crippen molar-refractivity contribution in [2.45, 2.75) is 25.2 Å². The highest BCUT2D eigenvalue weighted by Gasteiger charge is 2.17. The average Bonchev–Trinajstić information content (AvgIpc) is 2.65. The minimum atomic E-state index is -3.31. The van der Waals surface area contributed by atoms with E-state index in [-0.39, 0.29) is 24.1 Å². The van der Waals surface area contributed by atoms with Crippen LogP contribution in [0.25, 0.3) is 0 Å². The Bertz CT molecular complexity index is 940. The molecule has 0 aliphatic rings. The second-order valence-corrected chi connectivity index (χ2v) is 8.37. The van der Waals surface area contributed by atoms with Crippen LogP contribution in [0.2, 0.25) is 0 Å². The first kappa shape index (κ1) is 21.4. The maximum absolute atomic E-state index is 11.8. The van der Waals surface area contributed by atoms with Crippen LogP contribution in [0.4, 0.5) is 5.69 Å². The number of nitrogens with one attached hydrogen (secondary N) is 2. The molecule has 0 saturated carbocycles. The number of nitrogen functional groups attached to an aromatic ring is 1. The van der Waals surface area contributed by atoms with E-state index in [9.17, 15) is 13.2 Å². The number of hydrogen-bond acceptors (Lipinski definition) is 5. The molecule has 0 aliphatic carbocycles. The molecule has 2 rings (SSSR count). The van der Waals surface area contributed by atoms with Crippen LogP contribution in [0.3, 0.4) is 0 Å². The molecule has 150 valence electrons. The summed E-state index contributed by atoms with van der Waals surface area (Å²) in [5.74, 6) is -0.404. The van der Waals surface area contributed by atoms with Crippen LogP contribution in [0, 0.1) is 5.41 Å². The molecule has 0 bridgehead atoms. The molecule has 0 aliphatic heterocycles. The van der Waals surface area contributed by atoms with Gasteiger partial charge in [-0.3, -0.25) is 14.9 Å². The lowest BCUT2D eigenvalue weighted by Crippen LogP contribution is -2.13. The quantitative estimate of drug-likeness (QED) is 0.337. The highest BCUT2D eigenvalue weighted by Crippen LogP contribution is 2.27. The van der Waals surface area contributed by atoms with Gasteiger partial charge in [0.05, 0.1) is 19.8 Å². The molecule has 8 heteroatoms. The fourth-order valence-electron chi connectivity index (χ4n) is 2.93. The minimum absolute atomic E-state index is 0.0207. The zero-order valence-electron chi connectivity index (χ0n) is 15.9. The minimum Gasteiger partial charge on any atom is -0.469 e. The molecular formula is C20H25N3O4S. The van der Waals surface area contributed by atoms with Crippen molar-refractivity contribution in [2.24, 2.45) is 5.73 Å². The fourth-order valence-corrected chi connectivity index (χ4v) is 3.49.